The second-order valence-electron chi connectivity index (χ2n) is 7.15. The molecule has 148 valence electrons. The maximum atomic E-state index is 12.7. The van der Waals surface area contributed by atoms with Gasteiger partial charge in [-0.05, 0) is 31.0 Å². The SMILES string of the molecule is Cc1cnn(CC(=O)N[C@@H](Cc2c[nH]c3ccccc23)c2cc(=O)[nH]c(C)n2)c1. The average Bonchev–Trinajstić information content (AvgIpc) is 3.26. The smallest absolute Gasteiger partial charge is 0.251 e. The van der Waals surface area contributed by atoms with Crippen molar-refractivity contribution in [2.75, 3.05) is 0 Å². The Morgan fingerprint density at radius 3 is 2.86 bits per heavy atom. The molecule has 1 atom stereocenters. The number of rotatable bonds is 6. The molecular weight excluding hydrogens is 368 g/mol. The van der Waals surface area contributed by atoms with Crippen LogP contribution in [0.5, 0.6) is 0 Å². The summed E-state index contributed by atoms with van der Waals surface area (Å²) >= 11 is 0. The monoisotopic (exact) mass is 390 g/mol. The first-order chi connectivity index (χ1) is 14.0. The number of hydrogen-bond donors (Lipinski definition) is 3. The molecule has 3 N–H and O–H groups in total. The van der Waals surface area contributed by atoms with Crippen LogP contribution in [0.15, 0.2) is 53.7 Å². The fraction of sp³-hybridized carbons (Fsp3) is 0.238. The Morgan fingerprint density at radius 1 is 1.28 bits per heavy atom. The van der Waals surface area contributed by atoms with Crippen molar-refractivity contribution in [3.8, 4) is 0 Å². The highest BCUT2D eigenvalue weighted by molar-refractivity contribution is 5.83. The van der Waals surface area contributed by atoms with E-state index in [0.717, 1.165) is 22.0 Å². The van der Waals surface area contributed by atoms with E-state index in [1.54, 1.807) is 17.8 Å². The molecule has 1 aromatic carbocycles. The molecule has 1 amide bonds. The molecule has 0 aliphatic carbocycles. The first-order valence-corrected chi connectivity index (χ1v) is 9.39. The van der Waals surface area contributed by atoms with Gasteiger partial charge < -0.3 is 15.3 Å². The van der Waals surface area contributed by atoms with Gasteiger partial charge in [-0.3, -0.25) is 14.3 Å². The third-order valence-corrected chi connectivity index (χ3v) is 4.74. The van der Waals surface area contributed by atoms with Crippen LogP contribution in [0.2, 0.25) is 0 Å². The number of H-pyrrole nitrogens is 2. The third kappa shape index (κ3) is 4.26. The number of fused-ring (bicyclic) bond motifs is 1. The summed E-state index contributed by atoms with van der Waals surface area (Å²) in [6.07, 6.45) is 5.95. The van der Waals surface area contributed by atoms with Gasteiger partial charge in [0, 0.05) is 35.8 Å². The highest BCUT2D eigenvalue weighted by atomic mass is 16.2. The Labute approximate surface area is 167 Å². The standard InChI is InChI=1S/C21H22N6O2/c1-13-9-23-27(11-13)12-21(29)26-18(19-8-20(28)25-14(2)24-19)7-15-10-22-17-6-4-3-5-16(15)17/h3-6,8-11,18,22H,7,12H2,1-2H3,(H,26,29)(H,24,25,28)/t18-/m0/s1. The first kappa shape index (κ1) is 18.7. The van der Waals surface area contributed by atoms with Gasteiger partial charge in [0.05, 0.1) is 17.9 Å². The van der Waals surface area contributed by atoms with Crippen LogP contribution in [0.25, 0.3) is 10.9 Å². The minimum Gasteiger partial charge on any atom is -0.361 e. The Balaban J connectivity index is 1.63. The number of aromatic nitrogens is 5. The molecule has 4 aromatic rings. The van der Waals surface area contributed by atoms with Crippen molar-refractivity contribution >= 4 is 16.8 Å². The molecule has 8 nitrogen and oxygen atoms in total. The van der Waals surface area contributed by atoms with E-state index in [1.165, 1.54) is 6.07 Å². The van der Waals surface area contributed by atoms with Crippen LogP contribution in [-0.4, -0.2) is 30.6 Å². The van der Waals surface area contributed by atoms with Crippen molar-refractivity contribution in [1.29, 1.82) is 0 Å². The Morgan fingerprint density at radius 2 is 2.10 bits per heavy atom. The molecule has 29 heavy (non-hydrogen) atoms. The number of nitrogens with one attached hydrogen (secondary N) is 3. The number of amides is 1. The van der Waals surface area contributed by atoms with Crippen molar-refractivity contribution < 1.29 is 4.79 Å². The summed E-state index contributed by atoms with van der Waals surface area (Å²) in [5, 5.41) is 8.26. The van der Waals surface area contributed by atoms with Crippen molar-refractivity contribution in [3.05, 3.63) is 81.9 Å². The van der Waals surface area contributed by atoms with Gasteiger partial charge in [-0.15, -0.1) is 0 Å². The second kappa shape index (κ2) is 7.75. The highest BCUT2D eigenvalue weighted by Gasteiger charge is 2.20. The normalized spacial score (nSPS) is 12.2. The molecule has 4 rings (SSSR count). The number of para-hydroxylation sites is 1. The average molecular weight is 390 g/mol. The molecule has 0 saturated heterocycles. The molecule has 0 bridgehead atoms. The minimum atomic E-state index is -0.445. The summed E-state index contributed by atoms with van der Waals surface area (Å²) in [5.41, 5.74) is 3.34. The van der Waals surface area contributed by atoms with Gasteiger partial charge in [-0.1, -0.05) is 18.2 Å². The summed E-state index contributed by atoms with van der Waals surface area (Å²) in [4.78, 5) is 35.0. The number of benzene rings is 1. The molecule has 0 fully saturated rings. The van der Waals surface area contributed by atoms with E-state index < -0.39 is 6.04 Å². The van der Waals surface area contributed by atoms with Crippen molar-refractivity contribution in [2.45, 2.75) is 32.9 Å². The van der Waals surface area contributed by atoms with Gasteiger partial charge in [0.15, 0.2) is 0 Å². The van der Waals surface area contributed by atoms with E-state index in [1.807, 2.05) is 43.6 Å². The molecular formula is C21H22N6O2. The van der Waals surface area contributed by atoms with Gasteiger partial charge in [0.25, 0.3) is 5.56 Å². The lowest BCUT2D eigenvalue weighted by molar-refractivity contribution is -0.122. The molecule has 0 spiro atoms. The first-order valence-electron chi connectivity index (χ1n) is 9.39. The minimum absolute atomic E-state index is 0.0976. The number of nitrogens with zero attached hydrogens (tertiary/aromatic N) is 3. The highest BCUT2D eigenvalue weighted by Crippen LogP contribution is 2.23. The van der Waals surface area contributed by atoms with Gasteiger partial charge in [0.2, 0.25) is 5.91 Å². The number of carbonyl (C=O) groups is 1. The largest absolute Gasteiger partial charge is 0.361 e. The van der Waals surface area contributed by atoms with Crippen LogP contribution < -0.4 is 10.9 Å². The molecule has 8 heteroatoms. The predicted molar refractivity (Wildman–Crippen MR) is 109 cm³/mol. The number of aryl methyl sites for hydroxylation is 2. The Hall–Kier alpha value is -3.68. The van der Waals surface area contributed by atoms with Crippen LogP contribution >= 0.6 is 0 Å². The van der Waals surface area contributed by atoms with Gasteiger partial charge in [-0.2, -0.15) is 5.10 Å². The Bertz CT molecular complexity index is 1220. The summed E-state index contributed by atoms with van der Waals surface area (Å²) < 4.78 is 1.59. The zero-order chi connectivity index (χ0) is 20.4. The quantitative estimate of drug-likeness (QED) is 0.469. The molecule has 0 radical (unpaired) electrons. The lowest BCUT2D eigenvalue weighted by Gasteiger charge is -2.18. The van der Waals surface area contributed by atoms with Crippen LogP contribution in [0, 0.1) is 13.8 Å². The third-order valence-electron chi connectivity index (χ3n) is 4.74. The van der Waals surface area contributed by atoms with E-state index in [2.05, 4.69) is 25.4 Å². The second-order valence-corrected chi connectivity index (χ2v) is 7.15. The van der Waals surface area contributed by atoms with Crippen molar-refractivity contribution in [1.82, 2.24) is 30.0 Å². The fourth-order valence-electron chi connectivity index (χ4n) is 3.47. The molecule has 0 aliphatic rings. The molecule has 0 unspecified atom stereocenters. The van der Waals surface area contributed by atoms with Crippen LogP contribution in [-0.2, 0) is 17.8 Å². The van der Waals surface area contributed by atoms with Crippen LogP contribution in [0.4, 0.5) is 0 Å². The zero-order valence-corrected chi connectivity index (χ0v) is 16.3. The lowest BCUT2D eigenvalue weighted by Crippen LogP contribution is -2.34. The summed E-state index contributed by atoms with van der Waals surface area (Å²) in [6, 6.07) is 8.97. The molecule has 3 aromatic heterocycles. The molecule has 0 aliphatic heterocycles. The van der Waals surface area contributed by atoms with E-state index in [9.17, 15) is 9.59 Å². The van der Waals surface area contributed by atoms with E-state index >= 15 is 0 Å². The predicted octanol–water partition coefficient (Wildman–Crippen LogP) is 2.16. The van der Waals surface area contributed by atoms with E-state index in [0.29, 0.717) is 17.9 Å². The van der Waals surface area contributed by atoms with Crippen molar-refractivity contribution in [2.24, 2.45) is 0 Å². The fourth-order valence-corrected chi connectivity index (χ4v) is 3.47. The van der Waals surface area contributed by atoms with Gasteiger partial charge >= 0.3 is 0 Å². The van der Waals surface area contributed by atoms with E-state index in [-0.39, 0.29) is 18.0 Å². The van der Waals surface area contributed by atoms with Crippen molar-refractivity contribution in [3.63, 3.8) is 0 Å². The molecule has 0 saturated carbocycles. The maximum absolute atomic E-state index is 12.7. The summed E-state index contributed by atoms with van der Waals surface area (Å²) in [6.45, 7) is 3.74. The van der Waals surface area contributed by atoms with E-state index in [4.69, 9.17) is 0 Å². The summed E-state index contributed by atoms with van der Waals surface area (Å²) in [7, 11) is 0. The topological polar surface area (TPSA) is 108 Å². The van der Waals surface area contributed by atoms with Gasteiger partial charge in [0.1, 0.15) is 12.4 Å². The Kier molecular flexibility index (Phi) is 4.99. The number of aromatic amines is 2. The maximum Gasteiger partial charge on any atom is 0.251 e. The molecule has 3 heterocycles. The van der Waals surface area contributed by atoms with Crippen LogP contribution in [0.3, 0.4) is 0 Å². The lowest BCUT2D eigenvalue weighted by atomic mass is 10.0. The van der Waals surface area contributed by atoms with Gasteiger partial charge in [-0.25, -0.2) is 4.98 Å². The number of carbonyl (C=O) groups excluding carboxylic acids is 1. The number of hydrogen-bond acceptors (Lipinski definition) is 4. The van der Waals surface area contributed by atoms with Crippen LogP contribution in [0.1, 0.15) is 28.7 Å². The summed E-state index contributed by atoms with van der Waals surface area (Å²) in [5.74, 6) is 0.311. The zero-order valence-electron chi connectivity index (χ0n) is 16.3.